The molecule has 4 heteroatoms. The van der Waals surface area contributed by atoms with Crippen molar-refractivity contribution in [1.82, 2.24) is 9.97 Å². The van der Waals surface area contributed by atoms with Gasteiger partial charge in [0.2, 0.25) is 0 Å². The third-order valence-corrected chi connectivity index (χ3v) is 5.76. The molecule has 31 heavy (non-hydrogen) atoms. The molecule has 2 rings (SSSR count). The Morgan fingerprint density at radius 2 is 1.52 bits per heavy atom. The first-order valence-corrected chi connectivity index (χ1v) is 12.3. The lowest BCUT2D eigenvalue weighted by Crippen LogP contribution is -2.16. The van der Waals surface area contributed by atoms with Gasteiger partial charge in [0.15, 0.2) is 5.82 Å². The second-order valence-corrected chi connectivity index (χ2v) is 8.85. The molecule has 2 unspecified atom stereocenters. The van der Waals surface area contributed by atoms with Crippen LogP contribution >= 0.6 is 0 Å². The summed E-state index contributed by atoms with van der Waals surface area (Å²) in [5.74, 6) is 1.80. The van der Waals surface area contributed by atoms with E-state index in [1.807, 2.05) is 36.7 Å². The van der Waals surface area contributed by atoms with Gasteiger partial charge in [-0.25, -0.2) is 14.4 Å². The first kappa shape index (κ1) is 25.3. The van der Waals surface area contributed by atoms with Crippen molar-refractivity contribution < 1.29 is 9.13 Å². The number of benzene rings is 1. The molecule has 2 atom stereocenters. The van der Waals surface area contributed by atoms with E-state index in [1.54, 1.807) is 0 Å². The number of aryl methyl sites for hydroxylation is 1. The number of ether oxygens (including phenoxy) is 1. The van der Waals surface area contributed by atoms with Crippen LogP contribution in [0.4, 0.5) is 4.39 Å². The molecule has 3 nitrogen and oxygen atoms in total. The summed E-state index contributed by atoms with van der Waals surface area (Å²) in [7, 11) is 0. The molecule has 1 aromatic heterocycles. The van der Waals surface area contributed by atoms with Crippen LogP contribution in [0.15, 0.2) is 36.7 Å². The Morgan fingerprint density at radius 1 is 0.871 bits per heavy atom. The largest absolute Gasteiger partial charge is 0.491 e. The standard InChI is InChI=1S/C27H41FN2O/c1-4-6-7-8-9-10-11-13-23-19-29-27(30-20-23)24-14-16-26(17-15-24)31-21-25(28)18-22(3)12-5-2/h14-17,19-20,22,25H,4-13,18,21H2,1-3H3. The number of hydrogen-bond acceptors (Lipinski definition) is 3. The van der Waals surface area contributed by atoms with E-state index in [1.165, 1.54) is 50.5 Å². The Balaban J connectivity index is 1.73. The van der Waals surface area contributed by atoms with E-state index in [4.69, 9.17) is 4.74 Å². The number of halogens is 1. The van der Waals surface area contributed by atoms with Gasteiger partial charge in [0.1, 0.15) is 18.5 Å². The second kappa shape index (κ2) is 14.9. The van der Waals surface area contributed by atoms with Gasteiger partial charge in [-0.1, -0.05) is 72.1 Å². The van der Waals surface area contributed by atoms with Gasteiger partial charge >= 0.3 is 0 Å². The third kappa shape index (κ3) is 10.3. The van der Waals surface area contributed by atoms with Crippen molar-refractivity contribution in [2.24, 2.45) is 5.92 Å². The summed E-state index contributed by atoms with van der Waals surface area (Å²) >= 11 is 0. The fraction of sp³-hybridized carbons (Fsp3) is 0.630. The number of nitrogens with zero attached hydrogens (tertiary/aromatic N) is 2. The summed E-state index contributed by atoms with van der Waals surface area (Å²) in [4.78, 5) is 9.06. The van der Waals surface area contributed by atoms with E-state index in [0.717, 1.165) is 24.8 Å². The average Bonchev–Trinajstić information content (AvgIpc) is 2.78. The zero-order valence-electron chi connectivity index (χ0n) is 19.8. The van der Waals surface area contributed by atoms with Crippen LogP contribution in [0, 0.1) is 5.92 Å². The van der Waals surface area contributed by atoms with E-state index < -0.39 is 6.17 Å². The molecule has 0 bridgehead atoms. The van der Waals surface area contributed by atoms with Crippen molar-refractivity contribution in [1.29, 1.82) is 0 Å². The van der Waals surface area contributed by atoms with Gasteiger partial charge in [0.25, 0.3) is 0 Å². The molecule has 0 amide bonds. The predicted octanol–water partition coefficient (Wildman–Crippen LogP) is 7.98. The van der Waals surface area contributed by atoms with Crippen LogP contribution in [0.2, 0.25) is 0 Å². The highest BCUT2D eigenvalue weighted by Gasteiger charge is 2.12. The normalized spacial score (nSPS) is 13.2. The smallest absolute Gasteiger partial charge is 0.159 e. The SMILES string of the molecule is CCCCCCCCCc1cnc(-c2ccc(OCC(F)CC(C)CCC)cc2)nc1. The molecular weight excluding hydrogens is 387 g/mol. The van der Waals surface area contributed by atoms with Crippen molar-refractivity contribution in [3.63, 3.8) is 0 Å². The minimum Gasteiger partial charge on any atom is -0.491 e. The molecule has 0 N–H and O–H groups in total. The zero-order chi connectivity index (χ0) is 22.3. The zero-order valence-corrected chi connectivity index (χ0v) is 19.8. The van der Waals surface area contributed by atoms with Crippen molar-refractivity contribution in [2.75, 3.05) is 6.61 Å². The maximum Gasteiger partial charge on any atom is 0.159 e. The fourth-order valence-corrected chi connectivity index (χ4v) is 3.92. The highest BCUT2D eigenvalue weighted by molar-refractivity contribution is 5.55. The Kier molecular flexibility index (Phi) is 12.2. The summed E-state index contributed by atoms with van der Waals surface area (Å²) in [6, 6.07) is 7.61. The minimum absolute atomic E-state index is 0.108. The Morgan fingerprint density at radius 3 is 2.16 bits per heavy atom. The van der Waals surface area contributed by atoms with E-state index in [-0.39, 0.29) is 6.61 Å². The van der Waals surface area contributed by atoms with Gasteiger partial charge in [-0.05, 0) is 55.0 Å². The van der Waals surface area contributed by atoms with Crippen LogP contribution in [0.1, 0.15) is 90.5 Å². The lowest BCUT2D eigenvalue weighted by Gasteiger charge is -2.15. The molecule has 1 aromatic carbocycles. The molecule has 0 aliphatic heterocycles. The molecule has 1 heterocycles. The first-order chi connectivity index (χ1) is 15.1. The molecule has 2 aromatic rings. The van der Waals surface area contributed by atoms with E-state index in [0.29, 0.717) is 23.9 Å². The number of alkyl halides is 1. The molecule has 172 valence electrons. The number of hydrogen-bond donors (Lipinski definition) is 0. The van der Waals surface area contributed by atoms with Crippen LogP contribution in [0.3, 0.4) is 0 Å². The second-order valence-electron chi connectivity index (χ2n) is 8.85. The van der Waals surface area contributed by atoms with Crippen LogP contribution in [0.25, 0.3) is 11.4 Å². The summed E-state index contributed by atoms with van der Waals surface area (Å²) < 4.78 is 19.7. The topological polar surface area (TPSA) is 35.0 Å². The summed E-state index contributed by atoms with van der Waals surface area (Å²) in [5.41, 5.74) is 2.15. The highest BCUT2D eigenvalue weighted by atomic mass is 19.1. The van der Waals surface area contributed by atoms with Crippen LogP contribution in [0.5, 0.6) is 5.75 Å². The van der Waals surface area contributed by atoms with Gasteiger partial charge in [-0.2, -0.15) is 0 Å². The number of aromatic nitrogens is 2. The average molecular weight is 429 g/mol. The van der Waals surface area contributed by atoms with Crippen molar-refractivity contribution in [3.05, 3.63) is 42.2 Å². The Labute approximate surface area is 188 Å². The molecule has 0 radical (unpaired) electrons. The van der Waals surface area contributed by atoms with Crippen LogP contribution in [-0.4, -0.2) is 22.7 Å². The maximum absolute atomic E-state index is 14.1. The third-order valence-electron chi connectivity index (χ3n) is 5.76. The van der Waals surface area contributed by atoms with Gasteiger partial charge in [0, 0.05) is 18.0 Å². The lowest BCUT2D eigenvalue weighted by molar-refractivity contribution is 0.169. The van der Waals surface area contributed by atoms with Crippen molar-refractivity contribution in [2.45, 2.75) is 97.6 Å². The molecule has 0 aliphatic carbocycles. The van der Waals surface area contributed by atoms with Gasteiger partial charge < -0.3 is 4.74 Å². The molecule has 0 spiro atoms. The molecular formula is C27H41FN2O. The van der Waals surface area contributed by atoms with Gasteiger partial charge in [0.05, 0.1) is 0 Å². The minimum atomic E-state index is -0.923. The molecule has 0 saturated carbocycles. The Hall–Kier alpha value is -1.97. The Bertz CT molecular complexity index is 702. The van der Waals surface area contributed by atoms with E-state index in [2.05, 4.69) is 30.7 Å². The first-order valence-electron chi connectivity index (χ1n) is 12.3. The van der Waals surface area contributed by atoms with Crippen LogP contribution < -0.4 is 4.74 Å². The fourth-order valence-electron chi connectivity index (χ4n) is 3.92. The number of rotatable bonds is 16. The molecule has 0 saturated heterocycles. The monoisotopic (exact) mass is 428 g/mol. The lowest BCUT2D eigenvalue weighted by atomic mass is 10.00. The highest BCUT2D eigenvalue weighted by Crippen LogP contribution is 2.21. The van der Waals surface area contributed by atoms with Gasteiger partial charge in [-0.3, -0.25) is 0 Å². The van der Waals surface area contributed by atoms with E-state index >= 15 is 0 Å². The maximum atomic E-state index is 14.1. The van der Waals surface area contributed by atoms with E-state index in [9.17, 15) is 4.39 Å². The van der Waals surface area contributed by atoms with Crippen molar-refractivity contribution >= 4 is 0 Å². The molecule has 0 fully saturated rings. The van der Waals surface area contributed by atoms with Crippen LogP contribution in [-0.2, 0) is 6.42 Å². The van der Waals surface area contributed by atoms with Crippen molar-refractivity contribution in [3.8, 4) is 17.1 Å². The van der Waals surface area contributed by atoms with Gasteiger partial charge in [-0.15, -0.1) is 0 Å². The molecule has 0 aliphatic rings. The summed E-state index contributed by atoms with van der Waals surface area (Å²) in [6.45, 7) is 6.60. The summed E-state index contributed by atoms with van der Waals surface area (Å²) in [6.07, 6.45) is 15.9. The summed E-state index contributed by atoms with van der Waals surface area (Å²) in [5, 5.41) is 0. The number of unbranched alkanes of at least 4 members (excludes halogenated alkanes) is 6. The quantitative estimate of drug-likeness (QED) is 0.254. The predicted molar refractivity (Wildman–Crippen MR) is 128 cm³/mol.